The van der Waals surface area contributed by atoms with E-state index in [1.807, 2.05) is 13.0 Å². The lowest BCUT2D eigenvalue weighted by molar-refractivity contribution is -0.271. The molecule has 0 saturated carbocycles. The number of hydrogen-bond acceptors (Lipinski definition) is 5. The predicted molar refractivity (Wildman–Crippen MR) is 99.2 cm³/mol. The number of nitrogens with one attached hydrogen (secondary N) is 1. The molecule has 2 N–H and O–H groups in total. The van der Waals surface area contributed by atoms with E-state index in [-0.39, 0.29) is 5.92 Å². The van der Waals surface area contributed by atoms with Crippen molar-refractivity contribution in [2.24, 2.45) is 5.92 Å². The van der Waals surface area contributed by atoms with Crippen LogP contribution in [0.15, 0.2) is 30.3 Å². The van der Waals surface area contributed by atoms with E-state index in [4.69, 9.17) is 19.4 Å². The maximum Gasteiger partial charge on any atom is 0.364 e. The highest BCUT2D eigenvalue weighted by molar-refractivity contribution is 5.75. The molecule has 0 aliphatic carbocycles. The molecule has 1 aliphatic rings. The summed E-state index contributed by atoms with van der Waals surface area (Å²) in [5.41, 5.74) is 6.28. The van der Waals surface area contributed by atoms with Crippen molar-refractivity contribution in [1.29, 1.82) is 0 Å². The van der Waals surface area contributed by atoms with E-state index in [9.17, 15) is 4.79 Å². The van der Waals surface area contributed by atoms with Gasteiger partial charge in [-0.1, -0.05) is 42.3 Å². The van der Waals surface area contributed by atoms with Crippen molar-refractivity contribution in [3.8, 4) is 0 Å². The Morgan fingerprint density at radius 2 is 1.96 bits per heavy atom. The van der Waals surface area contributed by atoms with E-state index < -0.39 is 11.8 Å². The molecule has 6 heteroatoms. The van der Waals surface area contributed by atoms with Gasteiger partial charge in [0.2, 0.25) is 0 Å². The first-order valence-corrected chi connectivity index (χ1v) is 9.07. The summed E-state index contributed by atoms with van der Waals surface area (Å²) in [7, 11) is 0. The van der Waals surface area contributed by atoms with E-state index in [0.29, 0.717) is 19.8 Å². The Bertz CT molecular complexity index is 603. The zero-order valence-electron chi connectivity index (χ0n) is 15.8. The number of aryl methyl sites for hydroxylation is 1. The summed E-state index contributed by atoms with van der Waals surface area (Å²) in [4.78, 5) is 16.6. The standard InChI is InChI=1S/C20H29NO5/c1-4-18(17-10-8-15(2)9-11-17)21-26-12-6-5-7-16-13-24-20(3,19(22)23)25-14-16/h4,8-11,16,21H,5-7,12-14H2,1-3H3,(H,22,23). The van der Waals surface area contributed by atoms with Crippen LogP contribution in [-0.4, -0.2) is 36.7 Å². The van der Waals surface area contributed by atoms with Crippen LogP contribution in [0, 0.1) is 12.8 Å². The second-order valence-corrected chi connectivity index (χ2v) is 6.75. The van der Waals surface area contributed by atoms with Crippen molar-refractivity contribution < 1.29 is 24.2 Å². The largest absolute Gasteiger partial charge is 0.477 e. The number of allylic oxidation sites excluding steroid dienone is 1. The van der Waals surface area contributed by atoms with Gasteiger partial charge < -0.3 is 14.6 Å². The average Bonchev–Trinajstić information content (AvgIpc) is 2.63. The fourth-order valence-corrected chi connectivity index (χ4v) is 2.69. The third-order valence-electron chi connectivity index (χ3n) is 4.52. The molecule has 0 radical (unpaired) electrons. The van der Waals surface area contributed by atoms with Gasteiger partial charge in [-0.2, -0.15) is 0 Å². The van der Waals surface area contributed by atoms with E-state index in [0.717, 1.165) is 30.5 Å². The first-order chi connectivity index (χ1) is 12.4. The van der Waals surface area contributed by atoms with Crippen molar-refractivity contribution in [2.75, 3.05) is 19.8 Å². The lowest BCUT2D eigenvalue weighted by atomic mass is 10.0. The van der Waals surface area contributed by atoms with Gasteiger partial charge in [0, 0.05) is 12.8 Å². The van der Waals surface area contributed by atoms with Crippen molar-refractivity contribution >= 4 is 11.7 Å². The lowest BCUT2D eigenvalue weighted by Crippen LogP contribution is -2.47. The van der Waals surface area contributed by atoms with Crippen molar-refractivity contribution in [1.82, 2.24) is 5.48 Å². The molecule has 144 valence electrons. The third-order valence-corrected chi connectivity index (χ3v) is 4.52. The van der Waals surface area contributed by atoms with E-state index in [2.05, 4.69) is 36.7 Å². The summed E-state index contributed by atoms with van der Waals surface area (Å²) in [6.45, 7) is 6.91. The molecule has 0 unspecified atom stereocenters. The minimum Gasteiger partial charge on any atom is -0.477 e. The van der Waals surface area contributed by atoms with E-state index in [1.54, 1.807) is 0 Å². The fourth-order valence-electron chi connectivity index (χ4n) is 2.69. The molecule has 0 atom stereocenters. The van der Waals surface area contributed by atoms with Crippen LogP contribution in [0.3, 0.4) is 0 Å². The molecular formula is C20H29NO5. The number of ether oxygens (including phenoxy) is 2. The maximum atomic E-state index is 11.0. The molecule has 1 saturated heterocycles. The second-order valence-electron chi connectivity index (χ2n) is 6.75. The molecule has 1 fully saturated rings. The number of hydroxylamine groups is 1. The number of hydrogen-bond donors (Lipinski definition) is 2. The van der Waals surface area contributed by atoms with Crippen LogP contribution in [-0.2, 0) is 19.1 Å². The van der Waals surface area contributed by atoms with Crippen LogP contribution in [0.2, 0.25) is 0 Å². The van der Waals surface area contributed by atoms with E-state index in [1.165, 1.54) is 12.5 Å². The van der Waals surface area contributed by atoms with Gasteiger partial charge in [-0.25, -0.2) is 4.79 Å². The molecule has 0 spiro atoms. The first-order valence-electron chi connectivity index (χ1n) is 9.07. The first kappa shape index (κ1) is 20.4. The number of carbonyl (C=O) groups is 1. The van der Waals surface area contributed by atoms with Crippen LogP contribution in [0.25, 0.3) is 5.70 Å². The molecule has 2 rings (SSSR count). The monoisotopic (exact) mass is 363 g/mol. The molecule has 1 aromatic rings. The van der Waals surface area contributed by atoms with Gasteiger partial charge >= 0.3 is 5.97 Å². The van der Waals surface area contributed by atoms with Gasteiger partial charge in [-0.15, -0.1) is 0 Å². The molecule has 0 aromatic heterocycles. The van der Waals surface area contributed by atoms with Crippen LogP contribution in [0.4, 0.5) is 0 Å². The summed E-state index contributed by atoms with van der Waals surface area (Å²) in [5.74, 6) is -2.35. The van der Waals surface area contributed by atoms with Crippen molar-refractivity contribution in [2.45, 2.75) is 45.8 Å². The van der Waals surface area contributed by atoms with Gasteiger partial charge in [0.25, 0.3) is 5.79 Å². The van der Waals surface area contributed by atoms with Gasteiger partial charge in [-0.3, -0.25) is 10.3 Å². The number of rotatable bonds is 9. The van der Waals surface area contributed by atoms with Crippen molar-refractivity contribution in [3.63, 3.8) is 0 Å². The van der Waals surface area contributed by atoms with Gasteiger partial charge in [-0.05, 0) is 32.3 Å². The highest BCUT2D eigenvalue weighted by Crippen LogP contribution is 2.24. The smallest absolute Gasteiger partial charge is 0.364 e. The highest BCUT2D eigenvalue weighted by atomic mass is 16.7. The number of carboxylic acid groups (broad SMARTS) is 1. The van der Waals surface area contributed by atoms with E-state index >= 15 is 0 Å². The van der Waals surface area contributed by atoms with Crippen LogP contribution < -0.4 is 5.48 Å². The van der Waals surface area contributed by atoms with Crippen LogP contribution in [0.1, 0.15) is 44.2 Å². The molecule has 0 bridgehead atoms. The maximum absolute atomic E-state index is 11.0. The van der Waals surface area contributed by atoms with Gasteiger partial charge in [0.1, 0.15) is 0 Å². The summed E-state index contributed by atoms with van der Waals surface area (Å²) in [5, 5.41) is 9.04. The SMILES string of the molecule is CC=C(NOCCCCC1COC(C)(C(=O)O)OC1)c1ccc(C)cc1. The molecule has 26 heavy (non-hydrogen) atoms. The summed E-state index contributed by atoms with van der Waals surface area (Å²) in [6.07, 6.45) is 4.79. The van der Waals surface area contributed by atoms with Gasteiger partial charge in [0.05, 0.1) is 25.5 Å². The fraction of sp³-hybridized carbons (Fsp3) is 0.550. The van der Waals surface area contributed by atoms with Crippen LogP contribution in [0.5, 0.6) is 0 Å². The quantitative estimate of drug-likeness (QED) is 0.516. The Morgan fingerprint density at radius 1 is 1.31 bits per heavy atom. The Morgan fingerprint density at radius 3 is 2.54 bits per heavy atom. The predicted octanol–water partition coefficient (Wildman–Crippen LogP) is 3.51. The zero-order valence-corrected chi connectivity index (χ0v) is 15.8. The number of benzene rings is 1. The number of carboxylic acids is 1. The lowest BCUT2D eigenvalue weighted by Gasteiger charge is -2.34. The topological polar surface area (TPSA) is 77.0 Å². The number of unbranched alkanes of at least 4 members (excludes halogenated alkanes) is 1. The third kappa shape index (κ3) is 5.83. The summed E-state index contributed by atoms with van der Waals surface area (Å²) < 4.78 is 10.7. The zero-order chi connectivity index (χ0) is 19.0. The molecule has 0 amide bonds. The minimum absolute atomic E-state index is 0.231. The summed E-state index contributed by atoms with van der Waals surface area (Å²) >= 11 is 0. The molecule has 6 nitrogen and oxygen atoms in total. The average molecular weight is 363 g/mol. The highest BCUT2D eigenvalue weighted by Gasteiger charge is 2.40. The van der Waals surface area contributed by atoms with Crippen molar-refractivity contribution in [3.05, 3.63) is 41.5 Å². The Kier molecular flexibility index (Phi) is 7.63. The molecule has 1 aromatic carbocycles. The molecular weight excluding hydrogens is 334 g/mol. The second kappa shape index (κ2) is 9.71. The molecule has 1 heterocycles. The Labute approximate surface area is 155 Å². The van der Waals surface area contributed by atoms with Gasteiger partial charge in [0.15, 0.2) is 0 Å². The normalized spacial score (nSPS) is 23.7. The summed E-state index contributed by atoms with van der Waals surface area (Å²) in [6, 6.07) is 8.28. The van der Waals surface area contributed by atoms with Crippen LogP contribution >= 0.6 is 0 Å². The molecule has 1 aliphatic heterocycles. The minimum atomic E-state index is -1.50. The number of aliphatic carboxylic acids is 1. The Hall–Kier alpha value is -1.89. The Balaban J connectivity index is 1.60.